The molecule has 1 amide bonds. The van der Waals surface area contributed by atoms with Gasteiger partial charge in [-0.15, -0.1) is 0 Å². The number of amides is 1. The molecule has 0 aromatic carbocycles. The Labute approximate surface area is 122 Å². The molecule has 2 atom stereocenters. The summed E-state index contributed by atoms with van der Waals surface area (Å²) in [7, 11) is 0. The van der Waals surface area contributed by atoms with Crippen molar-refractivity contribution in [3.8, 4) is 0 Å². The van der Waals surface area contributed by atoms with Crippen molar-refractivity contribution in [2.45, 2.75) is 38.3 Å². The van der Waals surface area contributed by atoms with Gasteiger partial charge in [0.05, 0.1) is 23.6 Å². The lowest BCUT2D eigenvalue weighted by Gasteiger charge is -2.35. The minimum absolute atomic E-state index is 0.0375. The summed E-state index contributed by atoms with van der Waals surface area (Å²) in [5, 5.41) is 0. The van der Waals surface area contributed by atoms with Crippen molar-refractivity contribution < 1.29 is 4.79 Å². The SMILES string of the molecule is Cc1cnc(C(=O)N2C3CCC2c2cncnc2C3)cn1. The largest absolute Gasteiger partial charge is 0.327 e. The molecule has 2 aliphatic rings. The second kappa shape index (κ2) is 4.58. The molecule has 2 unspecified atom stereocenters. The van der Waals surface area contributed by atoms with E-state index < -0.39 is 0 Å². The van der Waals surface area contributed by atoms with Gasteiger partial charge in [0, 0.05) is 30.4 Å². The predicted molar refractivity (Wildman–Crippen MR) is 74.4 cm³/mol. The van der Waals surface area contributed by atoms with Crippen molar-refractivity contribution in [2.24, 2.45) is 0 Å². The Morgan fingerprint density at radius 2 is 2.10 bits per heavy atom. The number of hydrogen-bond donors (Lipinski definition) is 0. The Balaban J connectivity index is 1.71. The highest BCUT2D eigenvalue weighted by Gasteiger charge is 2.43. The van der Waals surface area contributed by atoms with Gasteiger partial charge in [-0.3, -0.25) is 9.78 Å². The number of carbonyl (C=O) groups is 1. The van der Waals surface area contributed by atoms with Gasteiger partial charge >= 0.3 is 0 Å². The molecule has 0 radical (unpaired) electrons. The molecule has 4 heterocycles. The van der Waals surface area contributed by atoms with E-state index in [1.54, 1.807) is 18.7 Å². The van der Waals surface area contributed by atoms with Crippen LogP contribution in [0.3, 0.4) is 0 Å². The van der Waals surface area contributed by atoms with E-state index in [2.05, 4.69) is 19.9 Å². The van der Waals surface area contributed by atoms with E-state index in [-0.39, 0.29) is 18.0 Å². The van der Waals surface area contributed by atoms with E-state index >= 15 is 0 Å². The van der Waals surface area contributed by atoms with Crippen molar-refractivity contribution in [1.29, 1.82) is 0 Å². The standard InChI is InChI=1S/C15H15N5O/c1-9-5-18-13(7-17-9)15(21)20-10-2-3-14(20)11-6-16-8-19-12(11)4-10/h5-8,10,14H,2-4H2,1H3. The lowest BCUT2D eigenvalue weighted by atomic mass is 9.99. The Kier molecular flexibility index (Phi) is 2.70. The Bertz CT molecular complexity index is 699. The van der Waals surface area contributed by atoms with Crippen LogP contribution in [0, 0.1) is 6.92 Å². The first-order valence-electron chi connectivity index (χ1n) is 7.14. The van der Waals surface area contributed by atoms with E-state index in [1.807, 2.05) is 18.0 Å². The summed E-state index contributed by atoms with van der Waals surface area (Å²) in [6, 6.07) is 0.295. The fourth-order valence-corrected chi connectivity index (χ4v) is 3.37. The summed E-state index contributed by atoms with van der Waals surface area (Å²) in [5.74, 6) is -0.0375. The molecule has 4 rings (SSSR count). The molecule has 0 spiro atoms. The van der Waals surface area contributed by atoms with Crippen LogP contribution < -0.4 is 0 Å². The van der Waals surface area contributed by atoms with Crippen molar-refractivity contribution in [1.82, 2.24) is 24.8 Å². The maximum absolute atomic E-state index is 12.8. The topological polar surface area (TPSA) is 71.9 Å². The number of aryl methyl sites for hydroxylation is 1. The molecular weight excluding hydrogens is 266 g/mol. The first-order chi connectivity index (χ1) is 10.2. The fraction of sp³-hybridized carbons (Fsp3) is 0.400. The summed E-state index contributed by atoms with van der Waals surface area (Å²) in [6.07, 6.45) is 9.41. The number of aromatic nitrogens is 4. The first kappa shape index (κ1) is 12.4. The molecule has 2 bridgehead atoms. The number of nitrogens with zero attached hydrogens (tertiary/aromatic N) is 5. The Morgan fingerprint density at radius 3 is 2.90 bits per heavy atom. The maximum atomic E-state index is 12.8. The van der Waals surface area contributed by atoms with Gasteiger partial charge in [0.25, 0.3) is 5.91 Å². The fourth-order valence-electron chi connectivity index (χ4n) is 3.37. The third-order valence-corrected chi connectivity index (χ3v) is 4.35. The lowest BCUT2D eigenvalue weighted by molar-refractivity contribution is 0.0637. The number of carbonyl (C=O) groups excluding carboxylic acids is 1. The Hall–Kier alpha value is -2.37. The molecule has 6 nitrogen and oxygen atoms in total. The Morgan fingerprint density at radius 1 is 1.19 bits per heavy atom. The predicted octanol–water partition coefficient (Wildman–Crippen LogP) is 1.48. The van der Waals surface area contributed by atoms with Crippen LogP contribution >= 0.6 is 0 Å². The normalized spacial score (nSPS) is 23.0. The monoisotopic (exact) mass is 281 g/mol. The zero-order chi connectivity index (χ0) is 14.4. The third kappa shape index (κ3) is 1.90. The molecule has 2 aliphatic heterocycles. The highest BCUT2D eigenvalue weighted by molar-refractivity contribution is 5.93. The zero-order valence-corrected chi connectivity index (χ0v) is 11.7. The molecule has 21 heavy (non-hydrogen) atoms. The minimum Gasteiger partial charge on any atom is -0.327 e. The molecule has 1 saturated heterocycles. The maximum Gasteiger partial charge on any atom is 0.274 e. The van der Waals surface area contributed by atoms with Crippen molar-refractivity contribution in [2.75, 3.05) is 0 Å². The van der Waals surface area contributed by atoms with Crippen molar-refractivity contribution in [3.05, 3.63) is 47.6 Å². The molecule has 106 valence electrons. The molecule has 2 aromatic rings. The summed E-state index contributed by atoms with van der Waals surface area (Å²) >= 11 is 0. The summed E-state index contributed by atoms with van der Waals surface area (Å²) < 4.78 is 0. The van der Waals surface area contributed by atoms with E-state index in [9.17, 15) is 4.79 Å². The number of fused-ring (bicyclic) bond motifs is 4. The molecule has 6 heteroatoms. The average molecular weight is 281 g/mol. The number of hydrogen-bond acceptors (Lipinski definition) is 5. The molecular formula is C15H15N5O. The highest BCUT2D eigenvalue weighted by Crippen LogP contribution is 2.43. The summed E-state index contributed by atoms with van der Waals surface area (Å²) in [4.78, 5) is 31.6. The van der Waals surface area contributed by atoms with Gasteiger partial charge in [0.1, 0.15) is 12.0 Å². The smallest absolute Gasteiger partial charge is 0.274 e. The molecule has 2 aromatic heterocycles. The van der Waals surface area contributed by atoms with Crippen LogP contribution in [0.1, 0.15) is 46.3 Å². The molecule has 0 saturated carbocycles. The van der Waals surface area contributed by atoms with E-state index in [0.717, 1.165) is 36.2 Å². The van der Waals surface area contributed by atoms with Crippen LogP contribution in [-0.4, -0.2) is 36.8 Å². The van der Waals surface area contributed by atoms with Crippen LogP contribution in [0.25, 0.3) is 0 Å². The summed E-state index contributed by atoms with van der Waals surface area (Å²) in [6.45, 7) is 1.86. The average Bonchev–Trinajstić information content (AvgIpc) is 2.82. The van der Waals surface area contributed by atoms with Gasteiger partial charge in [-0.1, -0.05) is 0 Å². The minimum atomic E-state index is -0.0375. The van der Waals surface area contributed by atoms with Gasteiger partial charge in [0.15, 0.2) is 0 Å². The zero-order valence-electron chi connectivity index (χ0n) is 11.7. The molecule has 1 fully saturated rings. The van der Waals surface area contributed by atoms with E-state index in [1.165, 1.54) is 0 Å². The van der Waals surface area contributed by atoms with Crippen molar-refractivity contribution in [3.63, 3.8) is 0 Å². The van der Waals surface area contributed by atoms with Gasteiger partial charge in [-0.25, -0.2) is 15.0 Å². The van der Waals surface area contributed by atoms with Crippen LogP contribution in [0.2, 0.25) is 0 Å². The third-order valence-electron chi connectivity index (χ3n) is 4.35. The van der Waals surface area contributed by atoms with Gasteiger partial charge in [-0.2, -0.15) is 0 Å². The quantitative estimate of drug-likeness (QED) is 0.791. The van der Waals surface area contributed by atoms with Crippen LogP contribution in [-0.2, 0) is 6.42 Å². The first-order valence-corrected chi connectivity index (χ1v) is 7.14. The second-order valence-corrected chi connectivity index (χ2v) is 5.63. The van der Waals surface area contributed by atoms with Gasteiger partial charge in [0.2, 0.25) is 0 Å². The van der Waals surface area contributed by atoms with E-state index in [4.69, 9.17) is 0 Å². The van der Waals surface area contributed by atoms with Crippen molar-refractivity contribution >= 4 is 5.91 Å². The molecule has 0 aliphatic carbocycles. The van der Waals surface area contributed by atoms with Crippen LogP contribution in [0.4, 0.5) is 0 Å². The molecule has 0 N–H and O–H groups in total. The lowest BCUT2D eigenvalue weighted by Crippen LogP contribution is -2.42. The highest BCUT2D eigenvalue weighted by atomic mass is 16.2. The summed E-state index contributed by atoms with van der Waals surface area (Å²) in [5.41, 5.74) is 3.39. The number of rotatable bonds is 1. The van der Waals surface area contributed by atoms with Crippen LogP contribution in [0.5, 0.6) is 0 Å². The van der Waals surface area contributed by atoms with Crippen LogP contribution in [0.15, 0.2) is 24.9 Å². The second-order valence-electron chi connectivity index (χ2n) is 5.63. The van der Waals surface area contributed by atoms with Gasteiger partial charge < -0.3 is 4.90 Å². The van der Waals surface area contributed by atoms with Gasteiger partial charge in [-0.05, 0) is 19.8 Å². The van der Waals surface area contributed by atoms with E-state index in [0.29, 0.717) is 5.69 Å².